The number of hydrazone groups is 1. The molecule has 2 heterocycles. The van der Waals surface area contributed by atoms with Gasteiger partial charge in [0.2, 0.25) is 15.0 Å². The summed E-state index contributed by atoms with van der Waals surface area (Å²) in [6, 6.07) is 10.3. The van der Waals surface area contributed by atoms with Crippen LogP contribution in [0.4, 0.5) is 0 Å². The van der Waals surface area contributed by atoms with Crippen LogP contribution in [0.15, 0.2) is 35.4 Å². The summed E-state index contributed by atoms with van der Waals surface area (Å²) in [5, 5.41) is 9.36. The topological polar surface area (TPSA) is 61.8 Å². The van der Waals surface area contributed by atoms with Crippen LogP contribution in [-0.2, 0) is 9.84 Å². The van der Waals surface area contributed by atoms with Crippen LogP contribution in [-0.4, -0.2) is 30.5 Å². The number of nitrogens with one attached hydrogen (secondary N) is 1. The van der Waals surface area contributed by atoms with E-state index in [1.807, 2.05) is 23.2 Å². The molecule has 0 amide bonds. The Morgan fingerprint density at radius 3 is 2.74 bits per heavy atom. The second-order valence-electron chi connectivity index (χ2n) is 4.85. The third-order valence-corrected chi connectivity index (χ3v) is 5.26. The quantitative estimate of drug-likeness (QED) is 0.890. The Morgan fingerprint density at radius 2 is 2.05 bits per heavy atom. The molecule has 2 aliphatic heterocycles. The molecule has 0 radical (unpaired) electrons. The highest BCUT2D eigenvalue weighted by Gasteiger charge is 2.40. The lowest BCUT2D eigenvalue weighted by molar-refractivity contribution is 0.216. The van der Waals surface area contributed by atoms with Crippen molar-refractivity contribution in [3.63, 3.8) is 0 Å². The molecule has 1 aromatic rings. The SMILES string of the molecule is CCS(=O)(=O)C1=NN2C(CCC2c2ccccc2)N1. The Bertz CT molecular complexity index is 598. The highest BCUT2D eigenvalue weighted by atomic mass is 32.2. The van der Waals surface area contributed by atoms with Gasteiger partial charge in [-0.1, -0.05) is 37.3 Å². The second-order valence-corrected chi connectivity index (χ2v) is 7.05. The molecule has 5 nitrogen and oxygen atoms in total. The zero-order valence-electron chi connectivity index (χ0n) is 10.8. The molecule has 2 unspecified atom stereocenters. The predicted molar refractivity (Wildman–Crippen MR) is 74.1 cm³/mol. The lowest BCUT2D eigenvalue weighted by Crippen LogP contribution is -2.37. The molecule has 6 heteroatoms. The first-order chi connectivity index (χ1) is 9.12. The van der Waals surface area contributed by atoms with Gasteiger partial charge in [0.15, 0.2) is 0 Å². The van der Waals surface area contributed by atoms with Crippen molar-refractivity contribution in [2.45, 2.75) is 32.0 Å². The van der Waals surface area contributed by atoms with Gasteiger partial charge in [-0.2, -0.15) is 0 Å². The van der Waals surface area contributed by atoms with Crippen LogP contribution < -0.4 is 5.32 Å². The van der Waals surface area contributed by atoms with Gasteiger partial charge in [0.25, 0.3) is 0 Å². The number of benzene rings is 1. The van der Waals surface area contributed by atoms with E-state index in [2.05, 4.69) is 22.6 Å². The normalized spacial score (nSPS) is 25.9. The van der Waals surface area contributed by atoms with Gasteiger partial charge in [0.1, 0.15) is 6.17 Å². The summed E-state index contributed by atoms with van der Waals surface area (Å²) in [5.74, 6) is 0.0788. The second kappa shape index (κ2) is 4.52. The van der Waals surface area contributed by atoms with Gasteiger partial charge >= 0.3 is 0 Å². The first kappa shape index (κ1) is 12.5. The van der Waals surface area contributed by atoms with Crippen LogP contribution in [0.25, 0.3) is 0 Å². The third kappa shape index (κ3) is 2.10. The molecule has 1 aromatic carbocycles. The van der Waals surface area contributed by atoms with E-state index in [0.717, 1.165) is 12.8 Å². The number of fused-ring (bicyclic) bond motifs is 1. The van der Waals surface area contributed by atoms with E-state index in [0.29, 0.717) is 0 Å². The summed E-state index contributed by atoms with van der Waals surface area (Å²) in [6.07, 6.45) is 1.91. The molecular weight excluding hydrogens is 262 g/mol. The molecule has 2 atom stereocenters. The Morgan fingerprint density at radius 1 is 1.32 bits per heavy atom. The van der Waals surface area contributed by atoms with Crippen molar-refractivity contribution in [2.75, 3.05) is 5.75 Å². The first-order valence-corrected chi connectivity index (χ1v) is 8.18. The molecule has 19 heavy (non-hydrogen) atoms. The van der Waals surface area contributed by atoms with E-state index in [1.165, 1.54) is 5.56 Å². The maximum atomic E-state index is 11.9. The zero-order valence-corrected chi connectivity index (χ0v) is 11.6. The summed E-state index contributed by atoms with van der Waals surface area (Å²) in [7, 11) is -3.25. The van der Waals surface area contributed by atoms with E-state index in [1.54, 1.807) is 6.92 Å². The smallest absolute Gasteiger partial charge is 0.240 e. The molecule has 0 saturated carbocycles. The molecule has 0 aliphatic carbocycles. The first-order valence-electron chi connectivity index (χ1n) is 6.53. The highest BCUT2D eigenvalue weighted by Crippen LogP contribution is 2.37. The van der Waals surface area contributed by atoms with Crippen molar-refractivity contribution in [3.8, 4) is 0 Å². The maximum absolute atomic E-state index is 11.9. The van der Waals surface area contributed by atoms with Crippen LogP contribution in [0.5, 0.6) is 0 Å². The average Bonchev–Trinajstić information content (AvgIpc) is 2.99. The molecule has 1 N–H and O–H groups in total. The minimum Gasteiger partial charge on any atom is -0.338 e. The fourth-order valence-corrected chi connectivity index (χ4v) is 3.44. The van der Waals surface area contributed by atoms with Crippen LogP contribution in [0, 0.1) is 0 Å². The largest absolute Gasteiger partial charge is 0.338 e. The Hall–Kier alpha value is -1.56. The van der Waals surface area contributed by atoms with Crippen molar-refractivity contribution < 1.29 is 8.42 Å². The van der Waals surface area contributed by atoms with Crippen LogP contribution in [0.2, 0.25) is 0 Å². The molecule has 0 aromatic heterocycles. The van der Waals surface area contributed by atoms with Gasteiger partial charge in [-0.05, 0) is 18.4 Å². The van der Waals surface area contributed by atoms with E-state index in [4.69, 9.17) is 0 Å². The van der Waals surface area contributed by atoms with Gasteiger partial charge in [-0.25, -0.2) is 8.42 Å². The summed E-state index contributed by atoms with van der Waals surface area (Å²) >= 11 is 0. The zero-order chi connectivity index (χ0) is 13.5. The number of sulfone groups is 1. The molecular formula is C13H17N3O2S. The lowest BCUT2D eigenvalue weighted by Gasteiger charge is -2.21. The number of hydrogen-bond acceptors (Lipinski definition) is 5. The Labute approximate surface area is 113 Å². The minimum atomic E-state index is -3.25. The minimum absolute atomic E-state index is 0.0153. The van der Waals surface area contributed by atoms with Crippen molar-refractivity contribution >= 4 is 15.0 Å². The Kier molecular flexibility index (Phi) is 2.97. The molecule has 2 aliphatic rings. The van der Waals surface area contributed by atoms with Crippen LogP contribution in [0.3, 0.4) is 0 Å². The van der Waals surface area contributed by atoms with Crippen LogP contribution >= 0.6 is 0 Å². The Balaban J connectivity index is 1.89. The van der Waals surface area contributed by atoms with Gasteiger partial charge < -0.3 is 5.32 Å². The van der Waals surface area contributed by atoms with Gasteiger partial charge in [-0.15, -0.1) is 5.10 Å². The molecule has 0 bridgehead atoms. The molecule has 1 saturated heterocycles. The summed E-state index contributed by atoms with van der Waals surface area (Å²) in [6.45, 7) is 1.64. The van der Waals surface area contributed by atoms with Gasteiger partial charge in [-0.3, -0.25) is 5.01 Å². The summed E-state index contributed by atoms with van der Waals surface area (Å²) < 4.78 is 23.7. The van der Waals surface area contributed by atoms with Crippen molar-refractivity contribution in [1.82, 2.24) is 10.3 Å². The molecule has 1 fully saturated rings. The van der Waals surface area contributed by atoms with E-state index < -0.39 is 9.84 Å². The van der Waals surface area contributed by atoms with Gasteiger partial charge in [0, 0.05) is 0 Å². The standard InChI is InChI=1S/C13H17N3O2S/c1-2-19(17,18)13-14-12-9-8-11(16(12)15-13)10-6-4-3-5-7-10/h3-7,11-12H,2,8-9H2,1H3,(H,14,15). The van der Waals surface area contributed by atoms with Crippen LogP contribution in [0.1, 0.15) is 31.4 Å². The predicted octanol–water partition coefficient (Wildman–Crippen LogP) is 1.46. The number of nitrogens with zero attached hydrogens (tertiary/aromatic N) is 2. The van der Waals surface area contributed by atoms with E-state index in [-0.39, 0.29) is 23.1 Å². The molecule has 102 valence electrons. The number of hydrogen-bond donors (Lipinski definition) is 1. The highest BCUT2D eigenvalue weighted by molar-refractivity contribution is 8.06. The lowest BCUT2D eigenvalue weighted by atomic mass is 10.1. The monoisotopic (exact) mass is 279 g/mol. The third-order valence-electron chi connectivity index (χ3n) is 3.71. The number of rotatable bonds is 2. The fourth-order valence-electron chi connectivity index (χ4n) is 2.63. The maximum Gasteiger partial charge on any atom is 0.240 e. The van der Waals surface area contributed by atoms with E-state index >= 15 is 0 Å². The van der Waals surface area contributed by atoms with Gasteiger partial charge in [0.05, 0.1) is 11.8 Å². The summed E-state index contributed by atoms with van der Waals surface area (Å²) in [4.78, 5) is 0. The average molecular weight is 279 g/mol. The molecule has 3 rings (SSSR count). The fraction of sp³-hybridized carbons (Fsp3) is 0.462. The van der Waals surface area contributed by atoms with Crippen molar-refractivity contribution in [3.05, 3.63) is 35.9 Å². The van der Waals surface area contributed by atoms with E-state index in [9.17, 15) is 8.42 Å². The van der Waals surface area contributed by atoms with Crippen molar-refractivity contribution in [1.29, 1.82) is 0 Å². The number of amidine groups is 1. The van der Waals surface area contributed by atoms with Crippen molar-refractivity contribution in [2.24, 2.45) is 5.10 Å². The molecule has 0 spiro atoms. The summed E-state index contributed by atoms with van der Waals surface area (Å²) in [5.41, 5.74) is 1.19.